The highest BCUT2D eigenvalue weighted by Crippen LogP contribution is 2.54. The first-order valence-corrected chi connectivity index (χ1v) is 14.8. The van der Waals surface area contributed by atoms with E-state index in [9.17, 15) is 28.7 Å². The molecule has 0 unspecified atom stereocenters. The predicted molar refractivity (Wildman–Crippen MR) is 143 cm³/mol. The fraction of sp³-hybridized carbons (Fsp3) is 0.542. The van der Waals surface area contributed by atoms with E-state index in [1.54, 1.807) is 18.2 Å². The van der Waals surface area contributed by atoms with Crippen LogP contribution < -0.4 is 20.7 Å². The molecule has 2 aromatic rings. The Hall–Kier alpha value is -2.61. The van der Waals surface area contributed by atoms with Crippen molar-refractivity contribution in [3.63, 3.8) is 0 Å². The maximum atomic E-state index is 13.5. The van der Waals surface area contributed by atoms with Crippen LogP contribution in [0.5, 0.6) is 5.75 Å². The molecule has 0 aliphatic carbocycles. The average Bonchev–Trinajstić information content (AvgIpc) is 3.35. The number of rotatable bonds is 13. The van der Waals surface area contributed by atoms with E-state index < -0.39 is 49.2 Å². The Bertz CT molecular complexity index is 1280. The number of carbonyl (C=O) groups is 3. The summed E-state index contributed by atoms with van der Waals surface area (Å²) in [6.45, 7) is 3.82. The maximum absolute atomic E-state index is 13.5. The summed E-state index contributed by atoms with van der Waals surface area (Å²) < 4.78 is 26.9. The molecule has 3 amide bonds. The average molecular weight is 585 g/mol. The number of fused-ring (bicyclic) bond motifs is 1. The van der Waals surface area contributed by atoms with Crippen molar-refractivity contribution in [2.45, 2.75) is 50.1 Å². The highest BCUT2D eigenvalue weighted by molar-refractivity contribution is 8.01. The second-order valence-corrected chi connectivity index (χ2v) is 12.3. The number of hydrogen-bond donors (Lipinski definition) is 6. The molecule has 4 rings (SSSR count). The van der Waals surface area contributed by atoms with Crippen LogP contribution in [0.3, 0.4) is 0 Å². The third-order valence-corrected chi connectivity index (χ3v) is 8.14. The van der Waals surface area contributed by atoms with Crippen molar-refractivity contribution >= 4 is 48.5 Å². The number of ether oxygens (including phenoxy) is 1. The summed E-state index contributed by atoms with van der Waals surface area (Å²) in [5, 5.41) is 9.13. The largest absolute Gasteiger partial charge is 0.496 e. The van der Waals surface area contributed by atoms with Crippen molar-refractivity contribution in [2.75, 3.05) is 20.3 Å². The monoisotopic (exact) mass is 584 g/mol. The van der Waals surface area contributed by atoms with Crippen LogP contribution in [0.1, 0.15) is 43.6 Å². The molecule has 1 aromatic carbocycles. The summed E-state index contributed by atoms with van der Waals surface area (Å²) in [5.41, 5.74) is 0.956. The number of carbonyl (C=O) groups excluding carboxylic acids is 3. The van der Waals surface area contributed by atoms with E-state index >= 15 is 0 Å². The van der Waals surface area contributed by atoms with Crippen molar-refractivity contribution in [3.8, 4) is 5.75 Å². The first kappa shape index (κ1) is 29.4. The Labute approximate surface area is 229 Å². The topological polar surface area (TPSA) is 192 Å². The molecule has 2 saturated heterocycles. The standard InChI is InChI=1S/C24H33N4O9PS/c1-13(2)9-17(27-22(30)18-11-15-16(26-18)5-4-6-19(15)35-3)23(31)28-20(10-14-7-8-25-21(14)29)24(37-39-24)12-36-38(32,33)34/h4-6,11,13-14,17,20,26H,7-10,12H2,1-3H3,(H,25,29)(H,27,30)(H,28,31)(H2,32,33,34)/t14-,17-,20-,24-/m0/s1. The molecule has 0 radical (unpaired) electrons. The third kappa shape index (κ3) is 7.33. The Kier molecular flexibility index (Phi) is 8.94. The van der Waals surface area contributed by atoms with Gasteiger partial charge in [0, 0.05) is 35.4 Å². The van der Waals surface area contributed by atoms with Gasteiger partial charge in [-0.1, -0.05) is 19.9 Å². The van der Waals surface area contributed by atoms with Crippen LogP contribution in [0.25, 0.3) is 10.9 Å². The SMILES string of the molecule is COc1cccc2[nH]c(C(=O)N[C@@H](CC(C)C)C(=O)N[C@@H](C[C@@H]3CCNC3=O)[C@@]3(COP(=O)(O)O)OS3)cc12. The molecule has 214 valence electrons. The van der Waals surface area contributed by atoms with E-state index in [4.69, 9.17) is 13.4 Å². The number of amides is 3. The smallest absolute Gasteiger partial charge is 0.469 e. The molecule has 0 saturated carbocycles. The summed E-state index contributed by atoms with van der Waals surface area (Å²) >= 11 is 0.914. The minimum absolute atomic E-state index is 0.0430. The Balaban J connectivity index is 1.52. The fourth-order valence-corrected chi connectivity index (χ4v) is 5.73. The van der Waals surface area contributed by atoms with Gasteiger partial charge in [0.25, 0.3) is 5.91 Å². The van der Waals surface area contributed by atoms with Gasteiger partial charge in [-0.2, -0.15) is 0 Å². The fourth-order valence-electron chi connectivity index (χ4n) is 4.63. The normalized spacial score (nSPS) is 22.4. The number of phosphoric ester groups is 1. The van der Waals surface area contributed by atoms with Gasteiger partial charge in [-0.05, 0) is 43.4 Å². The van der Waals surface area contributed by atoms with Gasteiger partial charge in [0.2, 0.25) is 11.8 Å². The van der Waals surface area contributed by atoms with Crippen LogP contribution >= 0.6 is 19.9 Å². The van der Waals surface area contributed by atoms with E-state index in [2.05, 4.69) is 20.9 Å². The lowest BCUT2D eigenvalue weighted by Gasteiger charge is -2.28. The minimum Gasteiger partial charge on any atom is -0.496 e. The van der Waals surface area contributed by atoms with E-state index in [0.29, 0.717) is 30.7 Å². The summed E-state index contributed by atoms with van der Waals surface area (Å²) in [6, 6.07) is 5.28. The second kappa shape index (κ2) is 11.9. The second-order valence-electron chi connectivity index (χ2n) is 10.1. The van der Waals surface area contributed by atoms with E-state index in [1.165, 1.54) is 7.11 Å². The van der Waals surface area contributed by atoms with Crippen molar-refractivity contribution < 1.29 is 42.2 Å². The number of nitrogens with one attached hydrogen (secondary N) is 4. The molecule has 2 aliphatic heterocycles. The Morgan fingerprint density at radius 2 is 2.05 bits per heavy atom. The molecule has 15 heteroatoms. The molecule has 4 atom stereocenters. The lowest BCUT2D eigenvalue weighted by atomic mass is 9.94. The molecule has 1 aromatic heterocycles. The van der Waals surface area contributed by atoms with Gasteiger partial charge in [0.15, 0.2) is 4.93 Å². The van der Waals surface area contributed by atoms with E-state index in [-0.39, 0.29) is 23.9 Å². The van der Waals surface area contributed by atoms with E-state index in [1.807, 2.05) is 19.9 Å². The Morgan fingerprint density at radius 1 is 1.31 bits per heavy atom. The Morgan fingerprint density at radius 3 is 2.64 bits per heavy atom. The van der Waals surface area contributed by atoms with Crippen LogP contribution in [0.2, 0.25) is 0 Å². The van der Waals surface area contributed by atoms with Gasteiger partial charge in [0.1, 0.15) is 24.1 Å². The highest BCUT2D eigenvalue weighted by atomic mass is 32.2. The maximum Gasteiger partial charge on any atom is 0.469 e. The van der Waals surface area contributed by atoms with Crippen LogP contribution in [-0.2, 0) is 22.9 Å². The number of H-pyrrole nitrogens is 1. The first-order valence-electron chi connectivity index (χ1n) is 12.5. The molecular formula is C24H33N4O9PS. The molecule has 2 fully saturated rings. The quantitative estimate of drug-likeness (QED) is 0.115. The summed E-state index contributed by atoms with van der Waals surface area (Å²) in [6.07, 6.45) is 1.03. The summed E-state index contributed by atoms with van der Waals surface area (Å²) in [4.78, 5) is 59.1. The number of aromatic nitrogens is 1. The van der Waals surface area contributed by atoms with Crippen LogP contribution in [0.4, 0.5) is 0 Å². The van der Waals surface area contributed by atoms with Gasteiger partial charge in [0.05, 0.1) is 13.2 Å². The van der Waals surface area contributed by atoms with Crippen LogP contribution in [-0.4, -0.2) is 69.8 Å². The number of phosphoric acid groups is 1. The van der Waals surface area contributed by atoms with Gasteiger partial charge in [-0.3, -0.25) is 23.1 Å². The summed E-state index contributed by atoms with van der Waals surface area (Å²) in [7, 11) is -3.27. The molecular weight excluding hydrogens is 551 g/mol. The van der Waals surface area contributed by atoms with Crippen molar-refractivity contribution in [2.24, 2.45) is 11.8 Å². The zero-order chi connectivity index (χ0) is 28.4. The zero-order valence-corrected chi connectivity index (χ0v) is 23.5. The number of hydrogen-bond acceptors (Lipinski definition) is 8. The van der Waals surface area contributed by atoms with Crippen molar-refractivity contribution in [1.29, 1.82) is 0 Å². The molecule has 3 heterocycles. The lowest BCUT2D eigenvalue weighted by Crippen LogP contribution is -2.55. The zero-order valence-electron chi connectivity index (χ0n) is 21.8. The highest BCUT2D eigenvalue weighted by Gasteiger charge is 2.57. The van der Waals surface area contributed by atoms with Crippen molar-refractivity contribution in [1.82, 2.24) is 20.9 Å². The van der Waals surface area contributed by atoms with Crippen molar-refractivity contribution in [3.05, 3.63) is 30.0 Å². The molecule has 6 N–H and O–H groups in total. The molecule has 13 nitrogen and oxygen atoms in total. The molecule has 2 aliphatic rings. The van der Waals surface area contributed by atoms with Gasteiger partial charge >= 0.3 is 7.82 Å². The van der Waals surface area contributed by atoms with E-state index in [0.717, 1.165) is 17.4 Å². The van der Waals surface area contributed by atoms with Gasteiger partial charge < -0.3 is 35.5 Å². The number of methoxy groups -OCH3 is 1. The first-order chi connectivity index (χ1) is 18.4. The number of benzene rings is 1. The molecule has 0 bridgehead atoms. The predicted octanol–water partition coefficient (Wildman–Crippen LogP) is 1.82. The van der Waals surface area contributed by atoms with Gasteiger partial charge in [-0.25, -0.2) is 4.57 Å². The van der Waals surface area contributed by atoms with Crippen LogP contribution in [0.15, 0.2) is 24.3 Å². The summed E-state index contributed by atoms with van der Waals surface area (Å²) in [5.74, 6) is -0.957. The molecule has 0 spiro atoms. The lowest BCUT2D eigenvalue weighted by molar-refractivity contribution is -0.126. The molecule has 39 heavy (non-hydrogen) atoms. The third-order valence-electron chi connectivity index (χ3n) is 6.68. The van der Waals surface area contributed by atoms with Gasteiger partial charge in [-0.15, -0.1) is 0 Å². The number of aromatic amines is 1. The van der Waals surface area contributed by atoms with Crippen LogP contribution in [0, 0.1) is 11.8 Å². The minimum atomic E-state index is -4.81.